The minimum atomic E-state index is -5.77. The van der Waals surface area contributed by atoms with Crippen LogP contribution in [0.1, 0.15) is 49.7 Å². The molecule has 1 saturated carbocycles. The Balaban J connectivity index is 1.96. The fourth-order valence-electron chi connectivity index (χ4n) is 4.14. The van der Waals surface area contributed by atoms with E-state index in [0.717, 1.165) is 37.8 Å². The van der Waals surface area contributed by atoms with E-state index in [2.05, 4.69) is 5.32 Å². The first-order valence-electron chi connectivity index (χ1n) is 9.41. The van der Waals surface area contributed by atoms with E-state index in [4.69, 9.17) is 0 Å². The van der Waals surface area contributed by atoms with E-state index >= 15 is 0 Å². The summed E-state index contributed by atoms with van der Waals surface area (Å²) < 4.78 is 104. The van der Waals surface area contributed by atoms with Gasteiger partial charge in [0.1, 0.15) is 0 Å². The number of halogens is 6. The Kier molecular flexibility index (Phi) is 6.11. The summed E-state index contributed by atoms with van der Waals surface area (Å²) in [7, 11) is -5.77. The second kappa shape index (κ2) is 7.98. The minimum absolute atomic E-state index is 0.0242. The molecular formula is C18H22F6N2O2S. The zero-order chi connectivity index (χ0) is 21.4. The first-order valence-corrected chi connectivity index (χ1v) is 10.9. The maximum Gasteiger partial charge on any atom is 0.511 e. The lowest BCUT2D eigenvalue weighted by Gasteiger charge is -2.26. The number of alkyl halides is 6. The molecule has 0 radical (unpaired) electrons. The van der Waals surface area contributed by atoms with Gasteiger partial charge in [-0.15, -0.1) is 0 Å². The van der Waals surface area contributed by atoms with Crippen molar-refractivity contribution in [1.82, 2.24) is 4.31 Å². The maximum absolute atomic E-state index is 13.4. The van der Waals surface area contributed by atoms with Crippen molar-refractivity contribution in [3.63, 3.8) is 0 Å². The van der Waals surface area contributed by atoms with Gasteiger partial charge in [-0.3, -0.25) is 0 Å². The Bertz CT molecular complexity index is 832. The average molecular weight is 444 g/mol. The molecule has 0 unspecified atom stereocenters. The largest absolute Gasteiger partial charge is 0.511 e. The monoisotopic (exact) mass is 444 g/mol. The van der Waals surface area contributed by atoms with E-state index in [1.165, 1.54) is 6.07 Å². The van der Waals surface area contributed by atoms with Gasteiger partial charge in [0, 0.05) is 30.4 Å². The van der Waals surface area contributed by atoms with E-state index in [0.29, 0.717) is 18.8 Å². The fraction of sp³-hybridized carbons (Fsp3) is 0.667. The van der Waals surface area contributed by atoms with Gasteiger partial charge in [-0.05, 0) is 30.9 Å². The molecule has 1 N–H and O–H groups in total. The molecule has 11 heteroatoms. The van der Waals surface area contributed by atoms with Crippen LogP contribution in [0, 0.1) is 5.92 Å². The highest BCUT2D eigenvalue weighted by Gasteiger charge is 2.51. The molecule has 1 heterocycles. The van der Waals surface area contributed by atoms with Gasteiger partial charge < -0.3 is 5.32 Å². The van der Waals surface area contributed by atoms with E-state index < -0.39 is 52.0 Å². The molecule has 1 atom stereocenters. The number of sulfonamides is 1. The molecule has 4 nitrogen and oxygen atoms in total. The molecule has 0 aromatic heterocycles. The third kappa shape index (κ3) is 4.82. The van der Waals surface area contributed by atoms with Crippen LogP contribution in [-0.4, -0.2) is 30.8 Å². The smallest absolute Gasteiger partial charge is 0.381 e. The van der Waals surface area contributed by atoms with Crippen LogP contribution in [0.25, 0.3) is 0 Å². The lowest BCUT2D eigenvalue weighted by molar-refractivity contribution is -0.138. The summed E-state index contributed by atoms with van der Waals surface area (Å²) in [6.07, 6.45) is 0.420. The number of nitrogens with one attached hydrogen (secondary N) is 1. The molecule has 1 aliphatic carbocycles. The molecule has 3 rings (SSSR count). The van der Waals surface area contributed by atoms with Crippen LogP contribution in [0.15, 0.2) is 18.2 Å². The minimum Gasteiger partial charge on any atom is -0.381 e. The molecule has 29 heavy (non-hydrogen) atoms. The molecule has 164 valence electrons. The molecule has 1 fully saturated rings. The van der Waals surface area contributed by atoms with Crippen molar-refractivity contribution in [3.8, 4) is 0 Å². The first-order chi connectivity index (χ1) is 13.4. The maximum atomic E-state index is 13.4. The van der Waals surface area contributed by atoms with Crippen LogP contribution in [-0.2, 0) is 22.7 Å². The van der Waals surface area contributed by atoms with Crippen LogP contribution in [0.3, 0.4) is 0 Å². The van der Waals surface area contributed by atoms with E-state index in [1.54, 1.807) is 0 Å². The summed E-state index contributed by atoms with van der Waals surface area (Å²) in [4.78, 5) is 0. The molecule has 1 aromatic carbocycles. The topological polar surface area (TPSA) is 49.4 Å². The Morgan fingerprint density at radius 2 is 1.69 bits per heavy atom. The predicted octanol–water partition coefficient (Wildman–Crippen LogP) is 5.12. The number of anilines is 1. The van der Waals surface area contributed by atoms with Gasteiger partial charge >= 0.3 is 21.7 Å². The second-order valence-electron chi connectivity index (χ2n) is 7.64. The quantitative estimate of drug-likeness (QED) is 0.656. The molecule has 0 spiro atoms. The van der Waals surface area contributed by atoms with Crippen LogP contribution in [0.2, 0.25) is 0 Å². The zero-order valence-electron chi connectivity index (χ0n) is 15.5. The molecule has 0 saturated heterocycles. The van der Waals surface area contributed by atoms with Gasteiger partial charge in [-0.2, -0.15) is 30.6 Å². The molecule has 2 aliphatic rings. The third-order valence-corrected chi connectivity index (χ3v) is 7.17. The van der Waals surface area contributed by atoms with Crippen LogP contribution in [0.4, 0.5) is 32.0 Å². The van der Waals surface area contributed by atoms with E-state index in [1.807, 2.05) is 0 Å². The van der Waals surface area contributed by atoms with Gasteiger partial charge in [0.15, 0.2) is 0 Å². The fourth-order valence-corrected chi connectivity index (χ4v) is 5.11. The summed E-state index contributed by atoms with van der Waals surface area (Å²) in [6, 6.07) is 2.54. The predicted molar refractivity (Wildman–Crippen MR) is 95.4 cm³/mol. The molecular weight excluding hydrogens is 422 g/mol. The lowest BCUT2D eigenvalue weighted by atomic mass is 9.98. The van der Waals surface area contributed by atoms with E-state index in [-0.39, 0.29) is 9.99 Å². The summed E-state index contributed by atoms with van der Waals surface area (Å²) in [6.45, 7) is -1.53. The number of rotatable bonds is 4. The molecule has 1 aromatic rings. The highest BCUT2D eigenvalue weighted by molar-refractivity contribution is 7.89. The summed E-state index contributed by atoms with van der Waals surface area (Å²) in [5.74, 6) is 0.411. The van der Waals surface area contributed by atoms with Crippen molar-refractivity contribution in [3.05, 3.63) is 29.3 Å². The average Bonchev–Trinajstić information content (AvgIpc) is 3.04. The SMILES string of the molecule is O=S(=O)(N1Cc2c(cccc2C(F)(F)F)N[C@H](CCC2CCCC2)C1)C(F)(F)F. The van der Waals surface area contributed by atoms with Crippen LogP contribution in [0.5, 0.6) is 0 Å². The lowest BCUT2D eigenvalue weighted by Crippen LogP contribution is -2.44. The number of hydrogen-bond donors (Lipinski definition) is 1. The summed E-state index contributed by atoms with van der Waals surface area (Å²) in [5, 5.41) is 2.88. The van der Waals surface area contributed by atoms with Crippen molar-refractivity contribution < 1.29 is 34.8 Å². The zero-order valence-corrected chi connectivity index (χ0v) is 16.3. The second-order valence-corrected chi connectivity index (χ2v) is 9.57. The van der Waals surface area contributed by atoms with Crippen molar-refractivity contribution in [2.24, 2.45) is 5.92 Å². The Morgan fingerprint density at radius 3 is 2.28 bits per heavy atom. The number of nitrogens with zero attached hydrogens (tertiary/aromatic N) is 1. The third-order valence-electron chi connectivity index (χ3n) is 5.63. The highest BCUT2D eigenvalue weighted by Crippen LogP contribution is 2.39. The van der Waals surface area contributed by atoms with Crippen LogP contribution < -0.4 is 5.32 Å². The van der Waals surface area contributed by atoms with Crippen molar-refractivity contribution in [2.45, 2.75) is 62.8 Å². The summed E-state index contributed by atoms with van der Waals surface area (Å²) in [5.41, 5.74) is -7.19. The van der Waals surface area contributed by atoms with Crippen molar-refractivity contribution in [2.75, 3.05) is 11.9 Å². The molecule has 0 bridgehead atoms. The first kappa shape index (κ1) is 22.2. The standard InChI is InChI=1S/C18H22F6N2O2S/c19-17(20,21)15-6-3-7-16-14(15)11-26(29(27,28)18(22,23)24)10-13(25-16)9-8-12-4-1-2-5-12/h3,6-7,12-13,25H,1-2,4-5,8-11H2/t13-/m1/s1. The molecule has 1 aliphatic heterocycles. The van der Waals surface area contributed by atoms with Gasteiger partial charge in [-0.1, -0.05) is 31.7 Å². The molecule has 0 amide bonds. The number of fused-ring (bicyclic) bond motifs is 1. The Morgan fingerprint density at radius 1 is 1.03 bits per heavy atom. The number of benzene rings is 1. The van der Waals surface area contributed by atoms with Crippen LogP contribution >= 0.6 is 0 Å². The Hall–Kier alpha value is -1.49. The van der Waals surface area contributed by atoms with Gasteiger partial charge in [-0.25, -0.2) is 8.42 Å². The van der Waals surface area contributed by atoms with Crippen molar-refractivity contribution in [1.29, 1.82) is 0 Å². The number of hydrogen-bond acceptors (Lipinski definition) is 3. The summed E-state index contributed by atoms with van der Waals surface area (Å²) >= 11 is 0. The normalized spacial score (nSPS) is 22.2. The van der Waals surface area contributed by atoms with Gasteiger partial charge in [0.05, 0.1) is 5.56 Å². The van der Waals surface area contributed by atoms with E-state index in [9.17, 15) is 34.8 Å². The van der Waals surface area contributed by atoms with Crippen molar-refractivity contribution >= 4 is 15.7 Å². The van der Waals surface area contributed by atoms with Gasteiger partial charge in [0.2, 0.25) is 0 Å². The van der Waals surface area contributed by atoms with Gasteiger partial charge in [0.25, 0.3) is 0 Å². The Labute approximate surface area is 165 Å². The highest BCUT2D eigenvalue weighted by atomic mass is 32.2.